The zero-order chi connectivity index (χ0) is 12.8. The number of halogens is 1. The highest BCUT2D eigenvalue weighted by Crippen LogP contribution is 2.12. The van der Waals surface area contributed by atoms with Crippen LogP contribution < -0.4 is 0 Å². The molecular weight excluding hydrogens is 239 g/mol. The largest absolute Gasteiger partial charge is 0.389 e. The molecule has 0 saturated carbocycles. The molecule has 0 heterocycles. The van der Waals surface area contributed by atoms with E-state index >= 15 is 0 Å². The van der Waals surface area contributed by atoms with E-state index in [0.29, 0.717) is 4.90 Å². The van der Waals surface area contributed by atoms with Gasteiger partial charge in [-0.15, -0.1) is 6.58 Å². The van der Waals surface area contributed by atoms with Crippen LogP contribution in [0.25, 0.3) is 0 Å². The van der Waals surface area contributed by atoms with Gasteiger partial charge < -0.3 is 5.11 Å². The highest BCUT2D eigenvalue weighted by molar-refractivity contribution is 7.85. The van der Waals surface area contributed by atoms with Crippen LogP contribution in [0.3, 0.4) is 0 Å². The first-order valence-electron chi connectivity index (χ1n) is 5.42. The molecule has 1 aromatic carbocycles. The zero-order valence-corrected chi connectivity index (χ0v) is 10.6. The van der Waals surface area contributed by atoms with Crippen molar-refractivity contribution in [3.8, 4) is 0 Å². The minimum absolute atomic E-state index is 0.0757. The van der Waals surface area contributed by atoms with Crippen LogP contribution in [0, 0.1) is 6.92 Å². The van der Waals surface area contributed by atoms with E-state index < -0.39 is 23.1 Å². The molecule has 3 atom stereocenters. The second-order valence-electron chi connectivity index (χ2n) is 3.93. The lowest BCUT2D eigenvalue weighted by Crippen LogP contribution is -2.27. The van der Waals surface area contributed by atoms with E-state index in [9.17, 15) is 13.7 Å². The van der Waals surface area contributed by atoms with Crippen molar-refractivity contribution >= 4 is 10.8 Å². The number of allylic oxidation sites excluding steroid dienone is 1. The Labute approximate surface area is 104 Å². The molecule has 0 aliphatic heterocycles. The van der Waals surface area contributed by atoms with Crippen LogP contribution in [-0.4, -0.2) is 27.3 Å². The van der Waals surface area contributed by atoms with Gasteiger partial charge in [-0.05, 0) is 25.5 Å². The summed E-state index contributed by atoms with van der Waals surface area (Å²) in [6.45, 7) is 5.34. The summed E-state index contributed by atoms with van der Waals surface area (Å²) in [5, 5.41) is 9.52. The van der Waals surface area contributed by atoms with E-state index in [4.69, 9.17) is 0 Å². The quantitative estimate of drug-likeness (QED) is 0.793. The Morgan fingerprint density at radius 2 is 2.06 bits per heavy atom. The highest BCUT2D eigenvalue weighted by Gasteiger charge is 2.20. The van der Waals surface area contributed by atoms with E-state index in [1.807, 2.05) is 19.1 Å². The minimum atomic E-state index is -1.40. The summed E-state index contributed by atoms with van der Waals surface area (Å²) in [5.41, 5.74) is 1.07. The predicted molar refractivity (Wildman–Crippen MR) is 68.2 cm³/mol. The molecule has 0 bridgehead atoms. The molecule has 0 saturated heterocycles. The van der Waals surface area contributed by atoms with Gasteiger partial charge in [-0.25, -0.2) is 4.39 Å². The van der Waals surface area contributed by atoms with Crippen LogP contribution in [-0.2, 0) is 10.8 Å². The highest BCUT2D eigenvalue weighted by atomic mass is 32.2. The van der Waals surface area contributed by atoms with Crippen LogP contribution in [0.1, 0.15) is 12.0 Å². The fraction of sp³-hybridized carbons (Fsp3) is 0.385. The summed E-state index contributed by atoms with van der Waals surface area (Å²) in [4.78, 5) is 0.612. The lowest BCUT2D eigenvalue weighted by Gasteiger charge is -2.13. The first kappa shape index (κ1) is 14.1. The summed E-state index contributed by atoms with van der Waals surface area (Å²) in [6, 6.07) is 7.16. The third kappa shape index (κ3) is 4.40. The van der Waals surface area contributed by atoms with Crippen molar-refractivity contribution in [2.75, 3.05) is 5.75 Å². The molecule has 0 aliphatic carbocycles. The molecule has 0 radical (unpaired) electrons. The summed E-state index contributed by atoms with van der Waals surface area (Å²) in [6.07, 6.45) is -1.13. The third-order valence-electron chi connectivity index (χ3n) is 2.42. The number of aliphatic hydroxyl groups is 1. The number of hydrogen-bond donors (Lipinski definition) is 1. The van der Waals surface area contributed by atoms with E-state index in [1.165, 1.54) is 6.08 Å². The Bertz CT molecular complexity index is 389. The Balaban J connectivity index is 2.60. The molecular formula is C13H17FO2S. The van der Waals surface area contributed by atoms with Crippen molar-refractivity contribution in [1.82, 2.24) is 0 Å². The molecule has 1 rings (SSSR count). The van der Waals surface area contributed by atoms with Crippen molar-refractivity contribution in [3.63, 3.8) is 0 Å². The second kappa shape index (κ2) is 6.67. The Hall–Kier alpha value is -1.00. The van der Waals surface area contributed by atoms with Crippen LogP contribution >= 0.6 is 0 Å². The molecule has 0 spiro atoms. The van der Waals surface area contributed by atoms with Gasteiger partial charge in [-0.3, -0.25) is 4.21 Å². The molecule has 0 amide bonds. The molecule has 1 aromatic rings. The number of aliphatic hydroxyl groups excluding tert-OH is 1. The lowest BCUT2D eigenvalue weighted by atomic mass is 10.2. The average molecular weight is 256 g/mol. The van der Waals surface area contributed by atoms with Gasteiger partial charge in [0.15, 0.2) is 0 Å². The Kier molecular flexibility index (Phi) is 5.51. The number of hydrogen-bond acceptors (Lipinski definition) is 2. The standard InChI is InChI=1S/C13H17FO2S/c1-3-4-12(14)13(15)9-17(16)11-7-5-10(2)6-8-11/h3,5-8,12-13,15H,1,4,9H2,2H3/t12-,13+,17?/m0/s1. The van der Waals surface area contributed by atoms with Crippen LogP contribution in [0.2, 0.25) is 0 Å². The molecule has 0 fully saturated rings. The van der Waals surface area contributed by atoms with Crippen molar-refractivity contribution in [2.45, 2.75) is 30.5 Å². The molecule has 4 heteroatoms. The van der Waals surface area contributed by atoms with Gasteiger partial charge in [0.1, 0.15) is 6.17 Å². The number of aryl methyl sites for hydroxylation is 1. The third-order valence-corrected chi connectivity index (χ3v) is 3.86. The maximum absolute atomic E-state index is 13.3. The van der Waals surface area contributed by atoms with E-state index in [2.05, 4.69) is 6.58 Å². The molecule has 0 aromatic heterocycles. The van der Waals surface area contributed by atoms with Crippen molar-refractivity contribution in [3.05, 3.63) is 42.5 Å². The Morgan fingerprint density at radius 3 is 2.59 bits per heavy atom. The topological polar surface area (TPSA) is 37.3 Å². The molecule has 1 unspecified atom stereocenters. The normalized spacial score (nSPS) is 16.2. The van der Waals surface area contributed by atoms with Crippen LogP contribution in [0.15, 0.2) is 41.8 Å². The number of alkyl halides is 1. The summed E-state index contributed by atoms with van der Waals surface area (Å²) in [7, 11) is -1.37. The first-order valence-corrected chi connectivity index (χ1v) is 6.74. The number of benzene rings is 1. The number of rotatable bonds is 6. The van der Waals surface area contributed by atoms with Gasteiger partial charge in [-0.2, -0.15) is 0 Å². The van der Waals surface area contributed by atoms with Crippen molar-refractivity contribution in [1.29, 1.82) is 0 Å². The maximum Gasteiger partial charge on any atom is 0.130 e. The maximum atomic E-state index is 13.3. The van der Waals surface area contributed by atoms with Crippen molar-refractivity contribution in [2.24, 2.45) is 0 Å². The smallest absolute Gasteiger partial charge is 0.130 e. The van der Waals surface area contributed by atoms with Gasteiger partial charge >= 0.3 is 0 Å². The zero-order valence-electron chi connectivity index (χ0n) is 9.80. The first-order chi connectivity index (χ1) is 8.04. The van der Waals surface area contributed by atoms with Gasteiger partial charge in [-0.1, -0.05) is 23.8 Å². The minimum Gasteiger partial charge on any atom is -0.389 e. The lowest BCUT2D eigenvalue weighted by molar-refractivity contribution is 0.0979. The predicted octanol–water partition coefficient (Wildman–Crippen LogP) is 2.38. The van der Waals surface area contributed by atoms with Gasteiger partial charge in [0.2, 0.25) is 0 Å². The summed E-state index contributed by atoms with van der Waals surface area (Å²) >= 11 is 0. The molecule has 1 N–H and O–H groups in total. The average Bonchev–Trinajstić information content (AvgIpc) is 2.30. The van der Waals surface area contributed by atoms with Gasteiger partial charge in [0, 0.05) is 4.90 Å². The molecule has 94 valence electrons. The fourth-order valence-corrected chi connectivity index (χ4v) is 2.51. The Morgan fingerprint density at radius 1 is 1.47 bits per heavy atom. The van der Waals surface area contributed by atoms with Crippen molar-refractivity contribution < 1.29 is 13.7 Å². The van der Waals surface area contributed by atoms with E-state index in [-0.39, 0.29) is 12.2 Å². The SMILES string of the molecule is C=CC[C@H](F)[C@H](O)CS(=O)c1ccc(C)cc1. The molecule has 17 heavy (non-hydrogen) atoms. The molecule has 0 aliphatic rings. The summed E-state index contributed by atoms with van der Waals surface area (Å²) < 4.78 is 25.1. The van der Waals surface area contributed by atoms with Gasteiger partial charge in [0.25, 0.3) is 0 Å². The van der Waals surface area contributed by atoms with Crippen LogP contribution in [0.4, 0.5) is 4.39 Å². The van der Waals surface area contributed by atoms with E-state index in [0.717, 1.165) is 5.56 Å². The monoisotopic (exact) mass is 256 g/mol. The van der Waals surface area contributed by atoms with E-state index in [1.54, 1.807) is 12.1 Å². The fourth-order valence-electron chi connectivity index (χ4n) is 1.36. The van der Waals surface area contributed by atoms with Gasteiger partial charge in [0.05, 0.1) is 22.7 Å². The summed E-state index contributed by atoms with van der Waals surface area (Å²) in [5.74, 6) is -0.0853. The molecule has 2 nitrogen and oxygen atoms in total. The van der Waals surface area contributed by atoms with Crippen LogP contribution in [0.5, 0.6) is 0 Å². The second-order valence-corrected chi connectivity index (χ2v) is 5.43.